The molecule has 0 spiro atoms. The molecule has 0 aliphatic heterocycles. The lowest BCUT2D eigenvalue weighted by atomic mass is 10.1. The van der Waals surface area contributed by atoms with Crippen LogP contribution in [-0.2, 0) is 6.54 Å². The molecule has 2 rings (SSSR count). The van der Waals surface area contributed by atoms with Crippen LogP contribution in [0.4, 0.5) is 0 Å². The summed E-state index contributed by atoms with van der Waals surface area (Å²) in [4.78, 5) is 6.64. The molecule has 2 aromatic rings. The molecule has 0 aliphatic carbocycles. The van der Waals surface area contributed by atoms with Crippen LogP contribution in [0.2, 0.25) is 0 Å². The van der Waals surface area contributed by atoms with E-state index in [1.54, 1.807) is 0 Å². The highest BCUT2D eigenvalue weighted by molar-refractivity contribution is 5.78. The van der Waals surface area contributed by atoms with Gasteiger partial charge >= 0.3 is 0 Å². The number of unbranched alkanes of at least 4 members (excludes halogenated alkanes) is 1. The van der Waals surface area contributed by atoms with Crippen molar-refractivity contribution in [2.75, 3.05) is 19.7 Å². The molecule has 19 heavy (non-hydrogen) atoms. The summed E-state index contributed by atoms with van der Waals surface area (Å²) >= 11 is 0. The van der Waals surface area contributed by atoms with Gasteiger partial charge < -0.3 is 5.11 Å². The number of aliphatic hydroxyl groups is 1. The molecule has 0 saturated heterocycles. The second-order valence-electron chi connectivity index (χ2n) is 4.88. The quantitative estimate of drug-likeness (QED) is 0.829. The third-order valence-electron chi connectivity index (χ3n) is 3.32. The first-order chi connectivity index (χ1) is 9.33. The molecule has 1 N–H and O–H groups in total. The Balaban J connectivity index is 2.09. The minimum absolute atomic E-state index is 0.221. The lowest BCUT2D eigenvalue weighted by Gasteiger charge is -2.21. The minimum atomic E-state index is 0.221. The molecule has 0 atom stereocenters. The first-order valence-corrected chi connectivity index (χ1v) is 7.00. The van der Waals surface area contributed by atoms with Crippen LogP contribution in [0.15, 0.2) is 36.5 Å². The van der Waals surface area contributed by atoms with E-state index in [1.807, 2.05) is 12.3 Å². The van der Waals surface area contributed by atoms with Crippen molar-refractivity contribution < 1.29 is 5.11 Å². The molecule has 102 valence electrons. The van der Waals surface area contributed by atoms with Crippen LogP contribution < -0.4 is 0 Å². The molecular formula is C16H22N2O. The minimum Gasteiger partial charge on any atom is -0.395 e. The number of aromatic nitrogens is 1. The molecule has 0 fully saturated rings. The number of fused-ring (bicyclic) bond motifs is 1. The van der Waals surface area contributed by atoms with Crippen molar-refractivity contribution in [2.45, 2.75) is 26.3 Å². The molecule has 1 heterocycles. The Hall–Kier alpha value is -1.45. The standard InChI is InChI=1S/C16H22N2O/c1-2-3-9-18(10-11-19)13-14-6-7-16-15(12-14)5-4-8-17-16/h4-8,12,19H,2-3,9-11,13H2,1H3. The van der Waals surface area contributed by atoms with Crippen molar-refractivity contribution >= 4 is 10.9 Å². The largest absolute Gasteiger partial charge is 0.395 e. The van der Waals surface area contributed by atoms with Gasteiger partial charge in [-0.1, -0.05) is 25.5 Å². The van der Waals surface area contributed by atoms with Crippen LogP contribution in [0, 0.1) is 0 Å². The average molecular weight is 258 g/mol. The van der Waals surface area contributed by atoms with E-state index in [1.165, 1.54) is 23.8 Å². The van der Waals surface area contributed by atoms with E-state index in [4.69, 9.17) is 5.11 Å². The maximum atomic E-state index is 9.13. The molecular weight excluding hydrogens is 236 g/mol. The van der Waals surface area contributed by atoms with Gasteiger partial charge in [0.25, 0.3) is 0 Å². The first-order valence-electron chi connectivity index (χ1n) is 7.00. The molecule has 0 saturated carbocycles. The molecule has 3 heteroatoms. The van der Waals surface area contributed by atoms with Gasteiger partial charge in [-0.2, -0.15) is 0 Å². The monoisotopic (exact) mass is 258 g/mol. The van der Waals surface area contributed by atoms with E-state index < -0.39 is 0 Å². The van der Waals surface area contributed by atoms with Gasteiger partial charge in [0.1, 0.15) is 0 Å². The second-order valence-corrected chi connectivity index (χ2v) is 4.88. The van der Waals surface area contributed by atoms with Crippen molar-refractivity contribution in [1.82, 2.24) is 9.88 Å². The van der Waals surface area contributed by atoms with Gasteiger partial charge in [-0.15, -0.1) is 0 Å². The van der Waals surface area contributed by atoms with Gasteiger partial charge in [-0.25, -0.2) is 0 Å². The summed E-state index contributed by atoms with van der Waals surface area (Å²) in [5.74, 6) is 0. The van der Waals surface area contributed by atoms with E-state index in [-0.39, 0.29) is 6.61 Å². The number of aliphatic hydroxyl groups excluding tert-OH is 1. The average Bonchev–Trinajstić information content (AvgIpc) is 2.45. The zero-order valence-corrected chi connectivity index (χ0v) is 11.5. The number of nitrogens with zero attached hydrogens (tertiary/aromatic N) is 2. The molecule has 0 radical (unpaired) electrons. The van der Waals surface area contributed by atoms with Crippen molar-refractivity contribution in [2.24, 2.45) is 0 Å². The number of hydrogen-bond donors (Lipinski definition) is 1. The predicted octanol–water partition coefficient (Wildman–Crippen LogP) is 2.83. The zero-order chi connectivity index (χ0) is 13.5. The molecule has 0 aliphatic rings. The SMILES string of the molecule is CCCCN(CCO)Cc1ccc2ncccc2c1. The van der Waals surface area contributed by atoms with Gasteiger partial charge in [0.2, 0.25) is 0 Å². The Morgan fingerprint density at radius 1 is 1.21 bits per heavy atom. The number of rotatable bonds is 7. The first kappa shape index (κ1) is 14.0. The van der Waals surface area contributed by atoms with Gasteiger partial charge in [-0.3, -0.25) is 9.88 Å². The molecule has 1 aromatic heterocycles. The number of benzene rings is 1. The topological polar surface area (TPSA) is 36.4 Å². The fourth-order valence-electron chi connectivity index (χ4n) is 2.27. The van der Waals surface area contributed by atoms with E-state index in [2.05, 4.69) is 41.1 Å². The predicted molar refractivity (Wildman–Crippen MR) is 79.0 cm³/mol. The maximum Gasteiger partial charge on any atom is 0.0702 e. The van der Waals surface area contributed by atoms with Gasteiger partial charge in [0.15, 0.2) is 0 Å². The highest BCUT2D eigenvalue weighted by Crippen LogP contribution is 2.15. The van der Waals surface area contributed by atoms with Crippen molar-refractivity contribution in [3.63, 3.8) is 0 Å². The Morgan fingerprint density at radius 2 is 2.11 bits per heavy atom. The molecule has 0 unspecified atom stereocenters. The summed E-state index contributed by atoms with van der Waals surface area (Å²) in [7, 11) is 0. The van der Waals surface area contributed by atoms with E-state index in [0.29, 0.717) is 0 Å². The summed E-state index contributed by atoms with van der Waals surface area (Å²) in [5.41, 5.74) is 2.32. The van der Waals surface area contributed by atoms with Crippen molar-refractivity contribution in [1.29, 1.82) is 0 Å². The normalized spacial score (nSPS) is 11.3. The van der Waals surface area contributed by atoms with Crippen LogP contribution in [0.5, 0.6) is 0 Å². The lowest BCUT2D eigenvalue weighted by Crippen LogP contribution is -2.27. The van der Waals surface area contributed by atoms with Crippen molar-refractivity contribution in [3.05, 3.63) is 42.1 Å². The number of hydrogen-bond acceptors (Lipinski definition) is 3. The molecule has 3 nitrogen and oxygen atoms in total. The van der Waals surface area contributed by atoms with E-state index >= 15 is 0 Å². The van der Waals surface area contributed by atoms with Crippen LogP contribution in [0.25, 0.3) is 10.9 Å². The van der Waals surface area contributed by atoms with Crippen LogP contribution in [0.1, 0.15) is 25.3 Å². The zero-order valence-electron chi connectivity index (χ0n) is 11.5. The van der Waals surface area contributed by atoms with Crippen LogP contribution in [0.3, 0.4) is 0 Å². The summed E-state index contributed by atoms with van der Waals surface area (Å²) < 4.78 is 0. The summed E-state index contributed by atoms with van der Waals surface area (Å²) in [6, 6.07) is 10.5. The van der Waals surface area contributed by atoms with Crippen molar-refractivity contribution in [3.8, 4) is 0 Å². The van der Waals surface area contributed by atoms with Gasteiger partial charge in [0.05, 0.1) is 12.1 Å². The third-order valence-corrected chi connectivity index (χ3v) is 3.32. The van der Waals surface area contributed by atoms with Gasteiger partial charge in [-0.05, 0) is 36.7 Å². The Labute approximate surface area is 114 Å². The summed E-state index contributed by atoms with van der Waals surface area (Å²) in [6.45, 7) is 5.09. The van der Waals surface area contributed by atoms with Gasteiger partial charge in [0, 0.05) is 24.7 Å². The van der Waals surface area contributed by atoms with E-state index in [0.717, 1.165) is 25.2 Å². The molecule has 0 amide bonds. The van der Waals surface area contributed by atoms with Crippen LogP contribution >= 0.6 is 0 Å². The highest BCUT2D eigenvalue weighted by atomic mass is 16.3. The molecule has 0 bridgehead atoms. The molecule has 1 aromatic carbocycles. The highest BCUT2D eigenvalue weighted by Gasteiger charge is 2.05. The van der Waals surface area contributed by atoms with Crippen LogP contribution in [-0.4, -0.2) is 34.7 Å². The Bertz CT molecular complexity index is 513. The fraction of sp³-hybridized carbons (Fsp3) is 0.438. The second kappa shape index (κ2) is 7.22. The Kier molecular flexibility index (Phi) is 5.31. The Morgan fingerprint density at radius 3 is 2.89 bits per heavy atom. The summed E-state index contributed by atoms with van der Waals surface area (Å²) in [6.07, 6.45) is 4.18. The number of pyridine rings is 1. The summed E-state index contributed by atoms with van der Waals surface area (Å²) in [5, 5.41) is 10.3. The lowest BCUT2D eigenvalue weighted by molar-refractivity contribution is 0.188. The third kappa shape index (κ3) is 4.01. The maximum absolute atomic E-state index is 9.13. The fourth-order valence-corrected chi connectivity index (χ4v) is 2.27. The smallest absolute Gasteiger partial charge is 0.0702 e. The van der Waals surface area contributed by atoms with E-state index in [9.17, 15) is 0 Å².